The maximum Gasteiger partial charge on any atom is 0.342 e. The Balaban J connectivity index is 1.85. The molecule has 3 aromatic carbocycles. The SMILES string of the molecule is CCc1c(C)c2c(c(OS(=O)(=O)c3ccc(C)cc3)c1CC=Cc1c(C)cccc1C(=O)O)C(=O)OC2. The molecular formula is C29H28O7S. The Morgan fingerprint density at radius 3 is 2.43 bits per heavy atom. The zero-order valence-electron chi connectivity index (χ0n) is 21.1. The fourth-order valence-electron chi connectivity index (χ4n) is 4.66. The highest BCUT2D eigenvalue weighted by molar-refractivity contribution is 7.87. The third-order valence-electron chi connectivity index (χ3n) is 6.64. The first-order valence-electron chi connectivity index (χ1n) is 11.9. The van der Waals surface area contributed by atoms with Gasteiger partial charge in [0.1, 0.15) is 17.1 Å². The number of carbonyl (C=O) groups excluding carboxylic acids is 1. The molecule has 1 aliphatic heterocycles. The number of cyclic esters (lactones) is 1. The van der Waals surface area contributed by atoms with E-state index < -0.39 is 22.1 Å². The second-order valence-corrected chi connectivity index (χ2v) is 10.5. The number of allylic oxidation sites excluding steroid dienone is 1. The van der Waals surface area contributed by atoms with E-state index in [1.165, 1.54) is 18.2 Å². The van der Waals surface area contributed by atoms with Crippen LogP contribution in [0.15, 0.2) is 53.4 Å². The average molecular weight is 521 g/mol. The molecule has 192 valence electrons. The van der Waals surface area contributed by atoms with Gasteiger partial charge in [0.05, 0.1) is 5.56 Å². The highest BCUT2D eigenvalue weighted by atomic mass is 32.2. The predicted octanol–water partition coefficient (Wildman–Crippen LogP) is 5.57. The largest absolute Gasteiger partial charge is 0.478 e. The minimum absolute atomic E-state index is 0.0238. The molecule has 0 fully saturated rings. The second-order valence-electron chi connectivity index (χ2n) is 8.99. The van der Waals surface area contributed by atoms with Crippen LogP contribution in [0.3, 0.4) is 0 Å². The number of benzene rings is 3. The lowest BCUT2D eigenvalue weighted by Crippen LogP contribution is -2.15. The predicted molar refractivity (Wildman–Crippen MR) is 140 cm³/mol. The summed E-state index contributed by atoms with van der Waals surface area (Å²) in [7, 11) is -4.25. The van der Waals surface area contributed by atoms with Crippen LogP contribution in [0.1, 0.15) is 66.6 Å². The Morgan fingerprint density at radius 1 is 1.08 bits per heavy atom. The van der Waals surface area contributed by atoms with E-state index in [0.29, 0.717) is 23.1 Å². The van der Waals surface area contributed by atoms with Crippen LogP contribution in [-0.2, 0) is 34.3 Å². The van der Waals surface area contributed by atoms with E-state index in [1.807, 2.05) is 33.8 Å². The van der Waals surface area contributed by atoms with Crippen LogP contribution in [-0.4, -0.2) is 25.5 Å². The maximum atomic E-state index is 13.3. The monoisotopic (exact) mass is 520 g/mol. The van der Waals surface area contributed by atoms with Crippen molar-refractivity contribution in [1.29, 1.82) is 0 Å². The van der Waals surface area contributed by atoms with E-state index >= 15 is 0 Å². The fraction of sp³-hybridized carbons (Fsp3) is 0.241. The lowest BCUT2D eigenvalue weighted by atomic mass is 9.89. The standard InChI is InChI=1S/C29H28O7S/c1-5-21-19(4)25-16-35-29(32)26(25)27(36-37(33,34)20-14-12-17(2)13-15-20)23(21)10-7-9-22-18(3)8-6-11-24(22)28(30)31/h6-9,11-15H,5,10,16H2,1-4H3,(H,30,31). The number of carboxylic acid groups (broad SMARTS) is 1. The van der Waals surface area contributed by atoms with Crippen LogP contribution in [0, 0.1) is 20.8 Å². The summed E-state index contributed by atoms with van der Waals surface area (Å²) in [5.41, 5.74) is 5.42. The molecular weight excluding hydrogens is 492 g/mol. The summed E-state index contributed by atoms with van der Waals surface area (Å²) < 4.78 is 37.5. The number of rotatable bonds is 8. The summed E-state index contributed by atoms with van der Waals surface area (Å²) in [6, 6.07) is 11.3. The van der Waals surface area contributed by atoms with Crippen LogP contribution in [0.5, 0.6) is 5.75 Å². The number of hydrogen-bond donors (Lipinski definition) is 1. The molecule has 0 unspecified atom stereocenters. The zero-order valence-corrected chi connectivity index (χ0v) is 21.9. The topological polar surface area (TPSA) is 107 Å². The van der Waals surface area contributed by atoms with Crippen LogP contribution in [0.25, 0.3) is 6.08 Å². The minimum Gasteiger partial charge on any atom is -0.478 e. The fourth-order valence-corrected chi connectivity index (χ4v) is 5.63. The van der Waals surface area contributed by atoms with Gasteiger partial charge in [-0.05, 0) is 74.1 Å². The van der Waals surface area contributed by atoms with Gasteiger partial charge in [0.2, 0.25) is 0 Å². The molecule has 4 rings (SSSR count). The Hall–Kier alpha value is -3.91. The van der Waals surface area contributed by atoms with Crippen LogP contribution >= 0.6 is 0 Å². The summed E-state index contributed by atoms with van der Waals surface area (Å²) in [5.74, 6) is -1.71. The number of aromatic carboxylic acids is 1. The zero-order chi connectivity index (χ0) is 26.9. The van der Waals surface area contributed by atoms with Crippen molar-refractivity contribution in [3.05, 3.63) is 98.6 Å². The summed E-state index contributed by atoms with van der Waals surface area (Å²) in [4.78, 5) is 24.4. The summed E-state index contributed by atoms with van der Waals surface area (Å²) in [6.45, 7) is 7.55. The van der Waals surface area contributed by atoms with Crippen molar-refractivity contribution in [3.63, 3.8) is 0 Å². The summed E-state index contributed by atoms with van der Waals surface area (Å²) >= 11 is 0. The van der Waals surface area contributed by atoms with Gasteiger partial charge in [0, 0.05) is 11.1 Å². The molecule has 0 saturated carbocycles. The quantitative estimate of drug-likeness (QED) is 0.306. The molecule has 0 saturated heterocycles. The van der Waals surface area contributed by atoms with Crippen molar-refractivity contribution in [3.8, 4) is 5.75 Å². The molecule has 0 atom stereocenters. The summed E-state index contributed by atoms with van der Waals surface area (Å²) in [5, 5.41) is 9.59. The van der Waals surface area contributed by atoms with Crippen molar-refractivity contribution in [2.24, 2.45) is 0 Å². The average Bonchev–Trinajstić information content (AvgIpc) is 3.24. The molecule has 0 bridgehead atoms. The van der Waals surface area contributed by atoms with Crippen molar-refractivity contribution >= 4 is 28.1 Å². The van der Waals surface area contributed by atoms with Crippen molar-refractivity contribution < 1.29 is 32.0 Å². The lowest BCUT2D eigenvalue weighted by Gasteiger charge is -2.19. The highest BCUT2D eigenvalue weighted by Gasteiger charge is 2.34. The van der Waals surface area contributed by atoms with Gasteiger partial charge in [-0.3, -0.25) is 0 Å². The van der Waals surface area contributed by atoms with Crippen LogP contribution in [0.4, 0.5) is 0 Å². The van der Waals surface area contributed by atoms with Crippen LogP contribution in [0.2, 0.25) is 0 Å². The van der Waals surface area contributed by atoms with Crippen molar-refractivity contribution in [1.82, 2.24) is 0 Å². The number of esters is 1. The first kappa shape index (κ1) is 26.2. The van der Waals surface area contributed by atoms with Gasteiger partial charge in [-0.1, -0.05) is 48.9 Å². The number of fused-ring (bicyclic) bond motifs is 1. The maximum absolute atomic E-state index is 13.3. The normalized spacial score (nSPS) is 13.0. The summed E-state index contributed by atoms with van der Waals surface area (Å²) in [6.07, 6.45) is 4.26. The Morgan fingerprint density at radius 2 is 1.78 bits per heavy atom. The second kappa shape index (κ2) is 10.2. The molecule has 0 amide bonds. The molecule has 8 heteroatoms. The molecule has 0 aromatic heterocycles. The number of hydrogen-bond acceptors (Lipinski definition) is 6. The van der Waals surface area contributed by atoms with Gasteiger partial charge >= 0.3 is 22.1 Å². The van der Waals surface area contributed by atoms with Gasteiger partial charge in [-0.15, -0.1) is 0 Å². The van der Waals surface area contributed by atoms with Gasteiger partial charge in [0.15, 0.2) is 5.75 Å². The Labute approximate surface area is 216 Å². The molecule has 3 aromatic rings. The van der Waals surface area contributed by atoms with Gasteiger partial charge in [-0.25, -0.2) is 9.59 Å². The van der Waals surface area contributed by atoms with Crippen molar-refractivity contribution in [2.45, 2.75) is 52.0 Å². The minimum atomic E-state index is -4.25. The van der Waals surface area contributed by atoms with E-state index in [9.17, 15) is 23.1 Å². The molecule has 7 nitrogen and oxygen atoms in total. The molecule has 37 heavy (non-hydrogen) atoms. The molecule has 0 aliphatic carbocycles. The van der Waals surface area contributed by atoms with E-state index in [1.54, 1.807) is 30.4 Å². The van der Waals surface area contributed by atoms with E-state index in [4.69, 9.17) is 8.92 Å². The van der Waals surface area contributed by atoms with Gasteiger partial charge in [0.25, 0.3) is 0 Å². The molecule has 1 N–H and O–H groups in total. The Kier molecular flexibility index (Phi) is 7.23. The van der Waals surface area contributed by atoms with E-state index in [-0.39, 0.29) is 34.8 Å². The first-order valence-corrected chi connectivity index (χ1v) is 13.3. The Bertz CT molecular complexity index is 1530. The van der Waals surface area contributed by atoms with Crippen molar-refractivity contribution in [2.75, 3.05) is 0 Å². The molecule has 1 aliphatic rings. The number of ether oxygens (including phenoxy) is 1. The lowest BCUT2D eigenvalue weighted by molar-refractivity contribution is 0.0533. The number of carboxylic acids is 1. The number of carbonyl (C=O) groups is 2. The highest BCUT2D eigenvalue weighted by Crippen LogP contribution is 2.40. The molecule has 1 heterocycles. The molecule has 0 spiro atoms. The first-order chi connectivity index (χ1) is 17.5. The van der Waals surface area contributed by atoms with Gasteiger partial charge < -0.3 is 14.0 Å². The van der Waals surface area contributed by atoms with Crippen LogP contribution < -0.4 is 4.18 Å². The smallest absolute Gasteiger partial charge is 0.342 e. The number of aryl methyl sites for hydroxylation is 2. The molecule has 0 radical (unpaired) electrons. The van der Waals surface area contributed by atoms with E-state index in [2.05, 4.69) is 0 Å². The third kappa shape index (κ3) is 5.02. The van der Waals surface area contributed by atoms with E-state index in [0.717, 1.165) is 22.3 Å². The third-order valence-corrected chi connectivity index (χ3v) is 7.88. The van der Waals surface area contributed by atoms with Gasteiger partial charge in [-0.2, -0.15) is 8.42 Å².